The maximum Gasteiger partial charge on any atom is 0.273 e. The predicted molar refractivity (Wildman–Crippen MR) is 114 cm³/mol. The summed E-state index contributed by atoms with van der Waals surface area (Å²) in [6.45, 7) is 1.39. The van der Waals surface area contributed by atoms with E-state index in [1.54, 1.807) is 20.4 Å². The van der Waals surface area contributed by atoms with Gasteiger partial charge < -0.3 is 19.7 Å². The van der Waals surface area contributed by atoms with Gasteiger partial charge in [-0.15, -0.1) is 0 Å². The molecular formula is C23H25N3O3. The van der Waals surface area contributed by atoms with E-state index in [0.29, 0.717) is 18.8 Å². The first-order chi connectivity index (χ1) is 14.2. The third-order valence-corrected chi connectivity index (χ3v) is 5.38. The van der Waals surface area contributed by atoms with Gasteiger partial charge in [0, 0.05) is 54.6 Å². The van der Waals surface area contributed by atoms with E-state index in [4.69, 9.17) is 9.47 Å². The number of anilines is 1. The number of rotatable bonds is 5. The molecule has 1 amide bonds. The van der Waals surface area contributed by atoms with Crippen molar-refractivity contribution in [2.45, 2.75) is 18.9 Å². The minimum Gasteiger partial charge on any atom is -0.497 e. The van der Waals surface area contributed by atoms with Gasteiger partial charge in [0.15, 0.2) is 0 Å². The van der Waals surface area contributed by atoms with E-state index in [2.05, 4.69) is 10.3 Å². The fraction of sp³-hybridized carbons (Fsp3) is 0.304. The number of ether oxygens (including phenoxy) is 2. The van der Waals surface area contributed by atoms with Crippen molar-refractivity contribution in [3.8, 4) is 11.5 Å². The van der Waals surface area contributed by atoms with Gasteiger partial charge in [0.05, 0.1) is 14.2 Å². The third-order valence-electron chi connectivity index (χ3n) is 5.38. The van der Waals surface area contributed by atoms with Crippen LogP contribution in [0.25, 0.3) is 10.8 Å². The van der Waals surface area contributed by atoms with Crippen LogP contribution in [0.2, 0.25) is 0 Å². The Morgan fingerprint density at radius 2 is 1.72 bits per heavy atom. The largest absolute Gasteiger partial charge is 0.497 e. The van der Waals surface area contributed by atoms with Crippen molar-refractivity contribution in [3.05, 3.63) is 60.4 Å². The number of likely N-dealkylation sites (tertiary alicyclic amines) is 1. The lowest BCUT2D eigenvalue weighted by molar-refractivity contribution is 0.0715. The van der Waals surface area contributed by atoms with Crippen LogP contribution in [0.5, 0.6) is 11.5 Å². The SMILES string of the molecule is COc1cc(NC2CCN(C(=O)c3nccc4ccccc34)CC2)cc(OC)c1. The van der Waals surface area contributed by atoms with E-state index in [-0.39, 0.29) is 11.9 Å². The first-order valence-corrected chi connectivity index (χ1v) is 9.80. The van der Waals surface area contributed by atoms with Crippen molar-refractivity contribution in [1.29, 1.82) is 0 Å². The van der Waals surface area contributed by atoms with Gasteiger partial charge in [0.25, 0.3) is 5.91 Å². The molecule has 1 N–H and O–H groups in total. The first kappa shape index (κ1) is 19.1. The van der Waals surface area contributed by atoms with E-state index in [1.165, 1.54) is 0 Å². The van der Waals surface area contributed by atoms with Crippen LogP contribution in [0, 0.1) is 0 Å². The second-order valence-electron chi connectivity index (χ2n) is 7.19. The standard InChI is InChI=1S/C23H25N3O3/c1-28-19-13-18(14-20(15-19)29-2)25-17-8-11-26(12-9-17)23(27)22-21-6-4-3-5-16(21)7-10-24-22/h3-7,10,13-15,17,25H,8-9,11-12H2,1-2H3. The summed E-state index contributed by atoms with van der Waals surface area (Å²) >= 11 is 0. The molecule has 6 heteroatoms. The van der Waals surface area contributed by atoms with Crippen molar-refractivity contribution in [2.24, 2.45) is 0 Å². The molecule has 1 aromatic heterocycles. The van der Waals surface area contributed by atoms with Crippen molar-refractivity contribution in [2.75, 3.05) is 32.6 Å². The third kappa shape index (κ3) is 4.11. The molecule has 3 aromatic rings. The van der Waals surface area contributed by atoms with Crippen LogP contribution < -0.4 is 14.8 Å². The predicted octanol–water partition coefficient (Wildman–Crippen LogP) is 3.97. The molecule has 0 aliphatic carbocycles. The number of piperidine rings is 1. The van der Waals surface area contributed by atoms with Gasteiger partial charge >= 0.3 is 0 Å². The highest BCUT2D eigenvalue weighted by molar-refractivity contribution is 6.05. The quantitative estimate of drug-likeness (QED) is 0.713. The number of carbonyl (C=O) groups is 1. The van der Waals surface area contributed by atoms with Gasteiger partial charge in [-0.3, -0.25) is 9.78 Å². The van der Waals surface area contributed by atoms with E-state index < -0.39 is 0 Å². The van der Waals surface area contributed by atoms with E-state index in [0.717, 1.165) is 40.8 Å². The summed E-state index contributed by atoms with van der Waals surface area (Å²) < 4.78 is 10.7. The molecular weight excluding hydrogens is 366 g/mol. The maximum absolute atomic E-state index is 13.1. The van der Waals surface area contributed by atoms with Crippen LogP contribution in [-0.2, 0) is 0 Å². The molecule has 1 fully saturated rings. The number of hydrogen-bond donors (Lipinski definition) is 1. The molecule has 4 rings (SSSR count). The second-order valence-corrected chi connectivity index (χ2v) is 7.19. The molecule has 1 aliphatic rings. The Balaban J connectivity index is 1.42. The Bertz CT molecular complexity index is 986. The molecule has 1 aliphatic heterocycles. The molecule has 0 radical (unpaired) electrons. The maximum atomic E-state index is 13.1. The van der Waals surface area contributed by atoms with E-state index in [9.17, 15) is 4.79 Å². The zero-order chi connectivity index (χ0) is 20.2. The Kier molecular flexibility index (Phi) is 5.51. The number of hydrogen-bond acceptors (Lipinski definition) is 5. The summed E-state index contributed by atoms with van der Waals surface area (Å²) in [6, 6.07) is 15.9. The van der Waals surface area contributed by atoms with Gasteiger partial charge in [-0.1, -0.05) is 24.3 Å². The highest BCUT2D eigenvalue weighted by Crippen LogP contribution is 2.28. The van der Waals surface area contributed by atoms with Crippen molar-refractivity contribution in [1.82, 2.24) is 9.88 Å². The van der Waals surface area contributed by atoms with Crippen LogP contribution in [0.4, 0.5) is 5.69 Å². The minimum absolute atomic E-state index is 0.00306. The number of nitrogens with one attached hydrogen (secondary N) is 1. The van der Waals surface area contributed by atoms with Crippen molar-refractivity contribution < 1.29 is 14.3 Å². The average molecular weight is 391 g/mol. The number of carbonyl (C=O) groups excluding carboxylic acids is 1. The smallest absolute Gasteiger partial charge is 0.273 e. The molecule has 6 nitrogen and oxygen atoms in total. The fourth-order valence-electron chi connectivity index (χ4n) is 3.79. The average Bonchev–Trinajstić information content (AvgIpc) is 2.78. The lowest BCUT2D eigenvalue weighted by Gasteiger charge is -2.33. The Morgan fingerprint density at radius 1 is 1.03 bits per heavy atom. The van der Waals surface area contributed by atoms with Crippen molar-refractivity contribution >= 4 is 22.4 Å². The number of benzene rings is 2. The molecule has 0 unspecified atom stereocenters. The van der Waals surface area contributed by atoms with Crippen LogP contribution >= 0.6 is 0 Å². The van der Waals surface area contributed by atoms with Crippen LogP contribution in [0.3, 0.4) is 0 Å². The Morgan fingerprint density at radius 3 is 2.41 bits per heavy atom. The van der Waals surface area contributed by atoms with E-state index >= 15 is 0 Å². The summed E-state index contributed by atoms with van der Waals surface area (Å²) in [7, 11) is 3.29. The molecule has 150 valence electrons. The topological polar surface area (TPSA) is 63.7 Å². The lowest BCUT2D eigenvalue weighted by atomic mass is 10.0. The second kappa shape index (κ2) is 8.39. The first-order valence-electron chi connectivity index (χ1n) is 9.80. The molecule has 2 heterocycles. The normalized spacial score (nSPS) is 14.6. The number of fused-ring (bicyclic) bond motifs is 1. The van der Waals surface area contributed by atoms with Crippen LogP contribution in [0.15, 0.2) is 54.7 Å². The zero-order valence-electron chi connectivity index (χ0n) is 16.7. The van der Waals surface area contributed by atoms with E-state index in [1.807, 2.05) is 53.4 Å². The molecule has 1 saturated heterocycles. The Hall–Kier alpha value is -3.28. The number of amides is 1. The molecule has 0 bridgehead atoms. The molecule has 29 heavy (non-hydrogen) atoms. The summed E-state index contributed by atoms with van der Waals surface area (Å²) in [6.07, 6.45) is 3.45. The van der Waals surface area contributed by atoms with Gasteiger partial charge in [0.1, 0.15) is 17.2 Å². The number of aromatic nitrogens is 1. The number of nitrogens with zero attached hydrogens (tertiary/aromatic N) is 2. The fourth-order valence-corrected chi connectivity index (χ4v) is 3.79. The lowest BCUT2D eigenvalue weighted by Crippen LogP contribution is -2.42. The van der Waals surface area contributed by atoms with Crippen molar-refractivity contribution in [3.63, 3.8) is 0 Å². The summed E-state index contributed by atoms with van der Waals surface area (Å²) in [4.78, 5) is 19.3. The van der Waals surface area contributed by atoms with Gasteiger partial charge in [-0.05, 0) is 24.3 Å². The molecule has 0 saturated carbocycles. The summed E-state index contributed by atoms with van der Waals surface area (Å²) in [5, 5.41) is 5.49. The monoisotopic (exact) mass is 391 g/mol. The van der Waals surface area contributed by atoms with Crippen LogP contribution in [-0.4, -0.2) is 49.1 Å². The summed E-state index contributed by atoms with van der Waals surface area (Å²) in [5.74, 6) is 1.51. The molecule has 0 atom stereocenters. The molecule has 2 aromatic carbocycles. The Labute approximate surface area is 170 Å². The summed E-state index contributed by atoms with van der Waals surface area (Å²) in [5.41, 5.74) is 1.49. The van der Waals surface area contributed by atoms with Gasteiger partial charge in [-0.2, -0.15) is 0 Å². The highest BCUT2D eigenvalue weighted by atomic mass is 16.5. The number of pyridine rings is 1. The zero-order valence-corrected chi connectivity index (χ0v) is 16.7. The molecule has 0 spiro atoms. The minimum atomic E-state index is 0.00306. The van der Waals surface area contributed by atoms with Crippen LogP contribution in [0.1, 0.15) is 23.3 Å². The van der Waals surface area contributed by atoms with Gasteiger partial charge in [0.2, 0.25) is 0 Å². The highest BCUT2D eigenvalue weighted by Gasteiger charge is 2.25. The number of methoxy groups -OCH3 is 2. The van der Waals surface area contributed by atoms with Gasteiger partial charge in [-0.25, -0.2) is 0 Å².